The van der Waals surface area contributed by atoms with E-state index in [9.17, 15) is 10.1 Å². The third-order valence-electron chi connectivity index (χ3n) is 3.15. The average molecular weight is 313 g/mol. The first-order valence-electron chi connectivity index (χ1n) is 6.53. The molecule has 22 heavy (non-hydrogen) atoms. The fraction of sp³-hybridized carbons (Fsp3) is 0.176. The number of Topliss-reactive ketones (excluding diaryl/α,β-unsaturated/α-hetero) is 1. The number of hydrogen-bond donors (Lipinski definition) is 0. The average Bonchev–Trinajstić information content (AvgIpc) is 2.97. The maximum absolute atomic E-state index is 12.4. The molecule has 0 aliphatic rings. The molecule has 4 nitrogen and oxygen atoms in total. The van der Waals surface area contributed by atoms with E-state index >= 15 is 0 Å². The molecule has 2 rings (SSSR count). The predicted octanol–water partition coefficient (Wildman–Crippen LogP) is 3.86. The van der Waals surface area contributed by atoms with Crippen molar-refractivity contribution in [2.75, 3.05) is 14.2 Å². The smallest absolute Gasteiger partial charge is 0.213 e. The van der Waals surface area contributed by atoms with E-state index in [0.29, 0.717) is 21.9 Å². The molecule has 2 aromatic rings. The summed E-state index contributed by atoms with van der Waals surface area (Å²) in [6.45, 7) is 1.86. The summed E-state index contributed by atoms with van der Waals surface area (Å²) in [4.78, 5) is 13.0. The van der Waals surface area contributed by atoms with Crippen LogP contribution < -0.4 is 9.47 Å². The Morgan fingerprint density at radius 3 is 2.50 bits per heavy atom. The molecule has 1 aromatic carbocycles. The van der Waals surface area contributed by atoms with E-state index < -0.39 is 0 Å². The van der Waals surface area contributed by atoms with E-state index in [4.69, 9.17) is 9.47 Å². The quantitative estimate of drug-likeness (QED) is 0.478. The van der Waals surface area contributed by atoms with Crippen LogP contribution in [0.5, 0.6) is 11.5 Å². The van der Waals surface area contributed by atoms with Crippen LogP contribution in [0, 0.1) is 18.3 Å². The van der Waals surface area contributed by atoms with Gasteiger partial charge in [0.25, 0.3) is 0 Å². The number of nitriles is 1. The molecule has 0 spiro atoms. The standard InChI is InChI=1S/C17H15NO3S/c1-11-6-7-22-17(11)16(19)13(10-18)8-12-4-5-14(20-2)15(9-12)21-3/h4-9H,1-3H3/b13-8+. The van der Waals surface area contributed by atoms with Crippen LogP contribution in [0.15, 0.2) is 35.2 Å². The van der Waals surface area contributed by atoms with Crippen molar-refractivity contribution in [1.82, 2.24) is 0 Å². The van der Waals surface area contributed by atoms with Crippen LogP contribution in [0.1, 0.15) is 20.8 Å². The molecule has 0 aliphatic carbocycles. The second kappa shape index (κ2) is 6.92. The van der Waals surface area contributed by atoms with Crippen LogP contribution in [-0.2, 0) is 0 Å². The van der Waals surface area contributed by atoms with Crippen molar-refractivity contribution in [2.45, 2.75) is 6.92 Å². The number of nitrogens with zero attached hydrogens (tertiary/aromatic N) is 1. The van der Waals surface area contributed by atoms with Gasteiger partial charge in [-0.2, -0.15) is 5.26 Å². The number of ether oxygens (including phenoxy) is 2. The Hall–Kier alpha value is -2.58. The van der Waals surface area contributed by atoms with Gasteiger partial charge >= 0.3 is 0 Å². The van der Waals surface area contributed by atoms with Gasteiger partial charge in [-0.15, -0.1) is 11.3 Å². The summed E-state index contributed by atoms with van der Waals surface area (Å²) in [6, 6.07) is 9.08. The molecule has 0 bridgehead atoms. The third-order valence-corrected chi connectivity index (χ3v) is 4.17. The number of allylic oxidation sites excluding steroid dienone is 1. The first-order chi connectivity index (χ1) is 10.6. The van der Waals surface area contributed by atoms with E-state index in [1.165, 1.54) is 18.4 Å². The maximum Gasteiger partial charge on any atom is 0.213 e. The topological polar surface area (TPSA) is 59.3 Å². The SMILES string of the molecule is COc1ccc(/C=C(\C#N)C(=O)c2sccc2C)cc1OC. The molecular weight excluding hydrogens is 298 g/mol. The zero-order valence-corrected chi connectivity index (χ0v) is 13.4. The summed E-state index contributed by atoms with van der Waals surface area (Å²) < 4.78 is 10.4. The predicted molar refractivity (Wildman–Crippen MR) is 86.5 cm³/mol. The van der Waals surface area contributed by atoms with Gasteiger partial charge in [-0.25, -0.2) is 0 Å². The lowest BCUT2D eigenvalue weighted by molar-refractivity contribution is 0.104. The third kappa shape index (κ3) is 3.18. The van der Waals surface area contributed by atoms with Crippen molar-refractivity contribution in [1.29, 1.82) is 5.26 Å². The number of thiophene rings is 1. The van der Waals surface area contributed by atoms with Crippen LogP contribution >= 0.6 is 11.3 Å². The summed E-state index contributed by atoms with van der Waals surface area (Å²) in [5, 5.41) is 11.1. The van der Waals surface area contributed by atoms with Crippen LogP contribution in [0.2, 0.25) is 0 Å². The van der Waals surface area contributed by atoms with E-state index in [2.05, 4.69) is 0 Å². The Morgan fingerprint density at radius 1 is 1.23 bits per heavy atom. The largest absolute Gasteiger partial charge is 0.493 e. The molecule has 0 radical (unpaired) electrons. The number of carbonyl (C=O) groups is 1. The number of methoxy groups -OCH3 is 2. The number of hydrogen-bond acceptors (Lipinski definition) is 5. The molecule has 0 fully saturated rings. The highest BCUT2D eigenvalue weighted by Crippen LogP contribution is 2.29. The van der Waals surface area contributed by atoms with Crippen molar-refractivity contribution in [3.05, 3.63) is 51.2 Å². The van der Waals surface area contributed by atoms with E-state index in [0.717, 1.165) is 5.56 Å². The monoisotopic (exact) mass is 313 g/mol. The van der Waals surface area contributed by atoms with Crippen molar-refractivity contribution >= 4 is 23.2 Å². The minimum absolute atomic E-state index is 0.0952. The van der Waals surface area contributed by atoms with Gasteiger partial charge in [-0.1, -0.05) is 6.07 Å². The molecule has 1 aromatic heterocycles. The van der Waals surface area contributed by atoms with Crippen LogP contribution in [-0.4, -0.2) is 20.0 Å². The molecule has 0 atom stereocenters. The fourth-order valence-electron chi connectivity index (χ4n) is 1.99. The van der Waals surface area contributed by atoms with Crippen molar-refractivity contribution < 1.29 is 14.3 Å². The molecule has 0 aliphatic heterocycles. The molecule has 0 N–H and O–H groups in total. The Labute approximate surface area is 133 Å². The molecule has 0 saturated heterocycles. The molecule has 1 heterocycles. The van der Waals surface area contributed by atoms with Gasteiger partial charge in [0.1, 0.15) is 11.6 Å². The molecule has 0 saturated carbocycles. The Balaban J connectivity index is 2.40. The zero-order valence-electron chi connectivity index (χ0n) is 12.5. The number of ketones is 1. The molecule has 112 valence electrons. The van der Waals surface area contributed by atoms with E-state index in [1.807, 2.05) is 24.4 Å². The highest BCUT2D eigenvalue weighted by Gasteiger charge is 2.16. The molecule has 0 amide bonds. The molecular formula is C17H15NO3S. The van der Waals surface area contributed by atoms with Gasteiger partial charge in [0, 0.05) is 0 Å². The van der Waals surface area contributed by atoms with Crippen molar-refractivity contribution in [2.24, 2.45) is 0 Å². The highest BCUT2D eigenvalue weighted by molar-refractivity contribution is 7.12. The number of rotatable bonds is 5. The number of benzene rings is 1. The Bertz CT molecular complexity index is 768. The van der Waals surface area contributed by atoms with Crippen LogP contribution in [0.4, 0.5) is 0 Å². The summed E-state index contributed by atoms with van der Waals surface area (Å²) >= 11 is 1.34. The van der Waals surface area contributed by atoms with Gasteiger partial charge in [-0.3, -0.25) is 4.79 Å². The normalized spacial score (nSPS) is 10.9. The summed E-state index contributed by atoms with van der Waals surface area (Å²) in [5.74, 6) is 0.886. The van der Waals surface area contributed by atoms with Gasteiger partial charge in [0.15, 0.2) is 11.5 Å². The summed E-state index contributed by atoms with van der Waals surface area (Å²) in [7, 11) is 3.09. The zero-order chi connectivity index (χ0) is 16.1. The van der Waals surface area contributed by atoms with Crippen LogP contribution in [0.3, 0.4) is 0 Å². The van der Waals surface area contributed by atoms with Gasteiger partial charge in [0.05, 0.1) is 19.1 Å². The van der Waals surface area contributed by atoms with Crippen molar-refractivity contribution in [3.8, 4) is 17.6 Å². The second-order valence-electron chi connectivity index (χ2n) is 4.55. The van der Waals surface area contributed by atoms with Crippen LogP contribution in [0.25, 0.3) is 6.08 Å². The second-order valence-corrected chi connectivity index (χ2v) is 5.46. The number of aryl methyl sites for hydroxylation is 1. The first kappa shape index (κ1) is 15.8. The lowest BCUT2D eigenvalue weighted by Crippen LogP contribution is -2.01. The van der Waals surface area contributed by atoms with E-state index in [-0.39, 0.29) is 11.4 Å². The van der Waals surface area contributed by atoms with Crippen molar-refractivity contribution in [3.63, 3.8) is 0 Å². The minimum Gasteiger partial charge on any atom is -0.493 e. The first-order valence-corrected chi connectivity index (χ1v) is 7.41. The lowest BCUT2D eigenvalue weighted by Gasteiger charge is -2.08. The minimum atomic E-state index is -0.259. The lowest BCUT2D eigenvalue weighted by atomic mass is 10.1. The van der Waals surface area contributed by atoms with Gasteiger partial charge in [-0.05, 0) is 47.7 Å². The highest BCUT2D eigenvalue weighted by atomic mass is 32.1. The number of carbonyl (C=O) groups excluding carboxylic acids is 1. The van der Waals surface area contributed by atoms with E-state index in [1.54, 1.807) is 31.4 Å². The molecule has 0 unspecified atom stereocenters. The molecule has 5 heteroatoms. The Kier molecular flexibility index (Phi) is 4.97. The summed E-state index contributed by atoms with van der Waals surface area (Å²) in [6.07, 6.45) is 1.56. The summed E-state index contributed by atoms with van der Waals surface area (Å²) in [5.41, 5.74) is 1.68. The van der Waals surface area contributed by atoms with Gasteiger partial charge in [0.2, 0.25) is 5.78 Å². The van der Waals surface area contributed by atoms with Gasteiger partial charge < -0.3 is 9.47 Å². The fourth-order valence-corrected chi connectivity index (χ4v) is 2.86. The maximum atomic E-state index is 12.4. The Morgan fingerprint density at radius 2 is 1.95 bits per heavy atom.